The Balaban J connectivity index is 0.000000166. The van der Waals surface area contributed by atoms with Crippen molar-refractivity contribution in [1.29, 1.82) is 0 Å². The lowest BCUT2D eigenvalue weighted by Gasteiger charge is -2.31. The number of aromatic nitrogens is 6. The molecule has 3 unspecified atom stereocenters. The van der Waals surface area contributed by atoms with Crippen LogP contribution in [0, 0.1) is 26.6 Å². The zero-order valence-corrected chi connectivity index (χ0v) is 56.0. The van der Waals surface area contributed by atoms with E-state index >= 15 is 0 Å². The van der Waals surface area contributed by atoms with Crippen molar-refractivity contribution in [3.63, 3.8) is 0 Å². The van der Waals surface area contributed by atoms with Crippen molar-refractivity contribution >= 4 is 52.9 Å². The van der Waals surface area contributed by atoms with Gasteiger partial charge in [0.05, 0.1) is 19.1 Å². The lowest BCUT2D eigenvalue weighted by Crippen LogP contribution is -2.41. The van der Waals surface area contributed by atoms with Crippen LogP contribution in [0.1, 0.15) is 139 Å². The first-order valence-corrected chi connectivity index (χ1v) is 32.4. The number of hydrogen-bond donors (Lipinski definition) is 9. The maximum Gasteiger partial charge on any atom is 0.357 e. The van der Waals surface area contributed by atoms with Gasteiger partial charge in [0.25, 0.3) is 47.3 Å². The van der Waals surface area contributed by atoms with Crippen molar-refractivity contribution in [3.05, 3.63) is 212 Å². The number of carbonyl (C=O) groups excluding carboxylic acids is 6. The standard InChI is InChI=1S/C24H24F3N5O3.2C24H25F2N5O3/c1-13-2-7-16(25)10-17(13)23(34)30-11-14-3-5-15(6-4-14)20-19(22(29)33)21(28)32(31-20)18-8-9-35-12-24(18,26)27;1-14-4-2-3-5-18(14)23(33)29-13-15-6-8-16(9-7-15)20-19(22(28)32)21(27)31(30-20)17-10-11-34-24(25,26)12-17;1-14-4-2-3-5-17(14)23(33)29-12-15-6-8-16(9-7-15)20-19(22(28)32)21(27)31(30-20)18-10-11-34-13-24(18,25)26/h2-7,10,18H,8-9,11-12,28H2,1H3,(H2,29,33)(H,30,34);2-9,17H,10-13,27H2,1H3,(H2,28,32)(H,29,33);2-9,18H,10-13,27H2,1H3,(H2,28,32)(H,29,33). The van der Waals surface area contributed by atoms with Crippen LogP contribution in [-0.2, 0) is 33.8 Å². The molecule has 0 bridgehead atoms. The summed E-state index contributed by atoms with van der Waals surface area (Å²) in [6.45, 7) is 4.73. The summed E-state index contributed by atoms with van der Waals surface area (Å²) >= 11 is 0. The number of primary amides is 3. The van der Waals surface area contributed by atoms with Crippen LogP contribution in [0.4, 0.5) is 48.2 Å². The minimum atomic E-state index is -3.29. The monoisotopic (exact) mass is 1430 g/mol. The predicted octanol–water partition coefficient (Wildman–Crippen LogP) is 9.69. The molecular formula is C72H74F7N15O9. The van der Waals surface area contributed by atoms with Gasteiger partial charge in [-0.25, -0.2) is 36.0 Å². The fourth-order valence-corrected chi connectivity index (χ4v) is 12.1. The van der Waals surface area contributed by atoms with Crippen LogP contribution >= 0.6 is 0 Å². The van der Waals surface area contributed by atoms with E-state index in [0.29, 0.717) is 45.5 Å². The molecule has 6 amide bonds. The maximum absolute atomic E-state index is 14.4. The number of hydrogen-bond acceptors (Lipinski definition) is 15. The van der Waals surface area contributed by atoms with Crippen molar-refractivity contribution in [3.8, 4) is 33.8 Å². The van der Waals surface area contributed by atoms with Crippen LogP contribution in [0.2, 0.25) is 0 Å². The highest BCUT2D eigenvalue weighted by Crippen LogP contribution is 2.42. The Kier molecular flexibility index (Phi) is 22.5. The summed E-state index contributed by atoms with van der Waals surface area (Å²) in [6.07, 6.45) is -3.65. The molecule has 0 aliphatic carbocycles. The number of rotatable bonds is 18. The predicted molar refractivity (Wildman–Crippen MR) is 367 cm³/mol. The summed E-state index contributed by atoms with van der Waals surface area (Å²) in [6, 6.07) is 35.5. The third-order valence-electron chi connectivity index (χ3n) is 17.7. The number of nitrogen functional groups attached to an aromatic ring is 3. The number of amides is 6. The molecule has 3 aromatic heterocycles. The number of nitrogens with zero attached hydrogens (tertiary/aromatic N) is 6. The van der Waals surface area contributed by atoms with Gasteiger partial charge in [-0.2, -0.15) is 24.1 Å². The number of aryl methyl sites for hydroxylation is 3. The highest BCUT2D eigenvalue weighted by Gasteiger charge is 2.48. The maximum atomic E-state index is 14.4. The van der Waals surface area contributed by atoms with E-state index in [2.05, 4.69) is 36.0 Å². The molecule has 3 atom stereocenters. The quantitative estimate of drug-likeness (QED) is 0.0361. The smallest absolute Gasteiger partial charge is 0.357 e. The van der Waals surface area contributed by atoms with Gasteiger partial charge in [-0.1, -0.05) is 115 Å². The van der Waals surface area contributed by atoms with E-state index in [0.717, 1.165) is 31.6 Å². The second-order valence-corrected chi connectivity index (χ2v) is 24.8. The van der Waals surface area contributed by atoms with Gasteiger partial charge in [0.1, 0.15) is 82.3 Å². The van der Waals surface area contributed by atoms with Gasteiger partial charge >= 0.3 is 6.11 Å². The fraction of sp³-hybridized carbons (Fsp3) is 0.292. The van der Waals surface area contributed by atoms with Crippen LogP contribution in [-0.4, -0.2) is 116 Å². The zero-order valence-electron chi connectivity index (χ0n) is 56.0. The highest BCUT2D eigenvalue weighted by molar-refractivity contribution is 6.05. The normalized spacial score (nSPS) is 17.3. The molecule has 0 spiro atoms. The number of ether oxygens (including phenoxy) is 3. The van der Waals surface area contributed by atoms with E-state index in [4.69, 9.17) is 43.9 Å². The average Bonchev–Trinajstić information content (AvgIpc) is 1.63. The third-order valence-corrected chi connectivity index (χ3v) is 17.7. The van der Waals surface area contributed by atoms with Crippen LogP contribution in [0.25, 0.3) is 33.8 Å². The number of nitrogens with two attached hydrogens (primary N) is 6. The Bertz CT molecular complexity index is 4640. The Hall–Kier alpha value is -11.4. The molecule has 3 aliphatic heterocycles. The molecule has 0 saturated carbocycles. The summed E-state index contributed by atoms with van der Waals surface area (Å²) in [4.78, 5) is 73.6. The van der Waals surface area contributed by atoms with Gasteiger partial charge in [0.15, 0.2) is 0 Å². The SMILES string of the molecule is Cc1ccc(F)cc1C(=O)NCc1ccc(-c2nn(C3CCOCC3(F)F)c(N)c2C(N)=O)cc1.Cc1ccccc1C(=O)NCc1ccc(-c2nn(C3CCOC(F)(F)C3)c(N)c2C(N)=O)cc1.Cc1ccccc1C(=O)NCc1ccc(-c2nn(C3CCOCC3(F)F)c(N)c2C(N)=O)cc1. The topological polar surface area (TPSA) is 376 Å². The number of nitrogens with one attached hydrogen (secondary N) is 3. The number of halogens is 7. The van der Waals surface area contributed by atoms with E-state index in [1.807, 2.05) is 38.1 Å². The van der Waals surface area contributed by atoms with Gasteiger partial charge in [-0.05, 0) is 97.7 Å². The minimum absolute atomic E-state index is 0.00392. The van der Waals surface area contributed by atoms with Crippen LogP contribution in [0.3, 0.4) is 0 Å². The molecule has 103 heavy (non-hydrogen) atoms. The number of anilines is 3. The molecular weight excluding hydrogens is 1350 g/mol. The molecule has 6 aromatic carbocycles. The fourth-order valence-electron chi connectivity index (χ4n) is 12.1. The summed E-state index contributed by atoms with van der Waals surface area (Å²) in [5.74, 6) is -10.8. The second kappa shape index (κ2) is 31.2. The average molecular weight is 1430 g/mol. The molecule has 6 heterocycles. The van der Waals surface area contributed by atoms with Crippen molar-refractivity contribution < 1.29 is 73.7 Å². The molecule has 0 radical (unpaired) electrons. The molecule has 3 aliphatic rings. The van der Waals surface area contributed by atoms with E-state index < -0.39 is 85.2 Å². The summed E-state index contributed by atoms with van der Waals surface area (Å²) in [5.41, 5.74) is 42.5. The number of benzene rings is 6. The van der Waals surface area contributed by atoms with Crippen LogP contribution < -0.4 is 50.4 Å². The summed E-state index contributed by atoms with van der Waals surface area (Å²) in [7, 11) is 0. The van der Waals surface area contributed by atoms with Gasteiger partial charge < -0.3 is 64.6 Å². The van der Waals surface area contributed by atoms with Gasteiger partial charge in [0.2, 0.25) is 0 Å². The van der Waals surface area contributed by atoms with Crippen molar-refractivity contribution in [2.75, 3.05) is 50.2 Å². The third kappa shape index (κ3) is 17.0. The summed E-state index contributed by atoms with van der Waals surface area (Å²) < 4.78 is 116. The van der Waals surface area contributed by atoms with Crippen molar-refractivity contribution in [1.82, 2.24) is 45.3 Å². The minimum Gasteiger partial charge on any atom is -0.383 e. The van der Waals surface area contributed by atoms with Crippen molar-refractivity contribution in [2.24, 2.45) is 17.2 Å². The van der Waals surface area contributed by atoms with Gasteiger partial charge in [-0.3, -0.25) is 28.8 Å². The second-order valence-electron chi connectivity index (χ2n) is 24.8. The summed E-state index contributed by atoms with van der Waals surface area (Å²) in [5, 5.41) is 21.3. The number of alkyl halides is 6. The highest BCUT2D eigenvalue weighted by atomic mass is 19.3. The zero-order chi connectivity index (χ0) is 74.2. The molecule has 31 heteroatoms. The first kappa shape index (κ1) is 74.3. The van der Waals surface area contributed by atoms with Crippen molar-refractivity contribution in [2.45, 2.75) is 102 Å². The molecule has 540 valence electrons. The molecule has 12 rings (SSSR count). The Morgan fingerprint density at radius 3 is 1.17 bits per heavy atom. The molecule has 24 nitrogen and oxygen atoms in total. The lowest BCUT2D eigenvalue weighted by atomic mass is 10.0. The van der Waals surface area contributed by atoms with Crippen LogP contribution in [0.5, 0.6) is 0 Å². The van der Waals surface area contributed by atoms with E-state index in [-0.39, 0.29) is 121 Å². The van der Waals surface area contributed by atoms with E-state index in [1.54, 1.807) is 104 Å². The molecule has 9 aromatic rings. The Morgan fingerprint density at radius 2 is 0.816 bits per heavy atom. The molecule has 15 N–H and O–H groups in total. The number of carbonyl (C=O) groups is 6. The molecule has 3 fully saturated rings. The van der Waals surface area contributed by atoms with Gasteiger partial charge in [0, 0.05) is 66.2 Å². The Morgan fingerprint density at radius 1 is 0.466 bits per heavy atom. The first-order valence-electron chi connectivity index (χ1n) is 32.4. The van der Waals surface area contributed by atoms with E-state index in [1.165, 1.54) is 22.9 Å². The van der Waals surface area contributed by atoms with E-state index in [9.17, 15) is 59.5 Å². The molecule has 3 saturated heterocycles. The first-order chi connectivity index (χ1) is 48.9. The van der Waals surface area contributed by atoms with Crippen LogP contribution in [0.15, 0.2) is 140 Å². The largest absolute Gasteiger partial charge is 0.383 e. The van der Waals surface area contributed by atoms with Gasteiger partial charge in [-0.15, -0.1) is 0 Å². The lowest BCUT2D eigenvalue weighted by molar-refractivity contribution is -0.266. The Labute approximate surface area is 585 Å².